The summed E-state index contributed by atoms with van der Waals surface area (Å²) in [5.74, 6) is 0. The van der Waals surface area contributed by atoms with E-state index in [1.807, 2.05) is 18.2 Å². The Hall–Kier alpha value is -1.16. The predicted octanol–water partition coefficient (Wildman–Crippen LogP) is 3.44. The van der Waals surface area contributed by atoms with Crippen molar-refractivity contribution in [1.82, 2.24) is 0 Å². The molecule has 0 aliphatic heterocycles. The van der Waals surface area contributed by atoms with E-state index in [4.69, 9.17) is 11.6 Å². The van der Waals surface area contributed by atoms with E-state index in [0.717, 1.165) is 30.2 Å². The number of rotatable bonds is 7. The molecule has 0 aliphatic rings. The van der Waals surface area contributed by atoms with Crippen LogP contribution in [0.15, 0.2) is 58.3 Å². The minimum absolute atomic E-state index is 0.771. The first-order valence-electron chi connectivity index (χ1n) is 7.20. The van der Waals surface area contributed by atoms with Crippen molar-refractivity contribution in [2.75, 3.05) is 32.5 Å². The molecule has 0 amide bonds. The third-order valence-electron chi connectivity index (χ3n) is 3.08. The molecule has 2 aromatic carbocycles. The summed E-state index contributed by atoms with van der Waals surface area (Å²) in [5, 5.41) is 4.28. The number of hydrogen-bond acceptors (Lipinski definition) is 2. The average molecular weight is 322 g/mol. The van der Waals surface area contributed by atoms with Gasteiger partial charge >= 0.3 is 0 Å². The molecule has 2 rings (SSSR count). The van der Waals surface area contributed by atoms with Crippen LogP contribution in [0.3, 0.4) is 0 Å². The van der Waals surface area contributed by atoms with Crippen molar-refractivity contribution in [1.29, 1.82) is 0 Å². The van der Waals surface area contributed by atoms with Gasteiger partial charge in [-0.15, -0.1) is 0 Å². The molecule has 0 fully saturated rings. The molecule has 0 bridgehead atoms. The maximum Gasteiger partial charge on any atom is 0.0783 e. The summed E-state index contributed by atoms with van der Waals surface area (Å²) in [5.41, 5.74) is 1.12. The van der Waals surface area contributed by atoms with Crippen molar-refractivity contribution < 1.29 is 4.90 Å². The van der Waals surface area contributed by atoms with Crippen LogP contribution in [0, 0.1) is 0 Å². The maximum absolute atomic E-state index is 6.13. The zero-order chi connectivity index (χ0) is 15.1. The van der Waals surface area contributed by atoms with Gasteiger partial charge in [-0.3, -0.25) is 0 Å². The number of hydrogen-bond donors (Lipinski definition) is 2. The predicted molar refractivity (Wildman–Crippen MR) is 92.8 cm³/mol. The third-order valence-corrected chi connectivity index (χ3v) is 4.40. The van der Waals surface area contributed by atoms with Gasteiger partial charge in [0.2, 0.25) is 0 Å². The molecule has 4 heteroatoms. The highest BCUT2D eigenvalue weighted by atomic mass is 35.5. The van der Waals surface area contributed by atoms with Gasteiger partial charge in [0.05, 0.1) is 20.6 Å². The highest BCUT2D eigenvalue weighted by Crippen LogP contribution is 2.34. The quantitative estimate of drug-likeness (QED) is 0.760. The first kappa shape index (κ1) is 16.2. The molecule has 0 aliphatic carbocycles. The van der Waals surface area contributed by atoms with Crippen LogP contribution in [-0.2, 0) is 0 Å². The van der Waals surface area contributed by atoms with Gasteiger partial charge in [0.25, 0.3) is 0 Å². The van der Waals surface area contributed by atoms with Crippen LogP contribution in [0.25, 0.3) is 0 Å². The summed E-state index contributed by atoms with van der Waals surface area (Å²) in [6, 6.07) is 16.4. The lowest BCUT2D eigenvalue weighted by Gasteiger charge is -2.13. The van der Waals surface area contributed by atoms with Crippen molar-refractivity contribution in [2.24, 2.45) is 0 Å². The largest absolute Gasteiger partial charge is 0.384 e. The van der Waals surface area contributed by atoms with Gasteiger partial charge in [-0.1, -0.05) is 41.6 Å². The lowest BCUT2D eigenvalue weighted by atomic mass is 10.3. The van der Waals surface area contributed by atoms with Gasteiger partial charge in [0, 0.05) is 33.5 Å². The molecule has 0 radical (unpaired) electrons. The fourth-order valence-electron chi connectivity index (χ4n) is 2.01. The van der Waals surface area contributed by atoms with E-state index in [-0.39, 0.29) is 0 Å². The van der Waals surface area contributed by atoms with Gasteiger partial charge < -0.3 is 10.2 Å². The van der Waals surface area contributed by atoms with Crippen molar-refractivity contribution in [3.63, 3.8) is 0 Å². The monoisotopic (exact) mass is 321 g/mol. The summed E-state index contributed by atoms with van der Waals surface area (Å²) < 4.78 is 0. The number of benzene rings is 2. The lowest BCUT2D eigenvalue weighted by Crippen LogP contribution is -3.05. The van der Waals surface area contributed by atoms with Gasteiger partial charge in [-0.2, -0.15) is 0 Å². The molecule has 112 valence electrons. The van der Waals surface area contributed by atoms with E-state index in [1.165, 1.54) is 14.7 Å². The van der Waals surface area contributed by atoms with E-state index >= 15 is 0 Å². The van der Waals surface area contributed by atoms with Crippen LogP contribution in [0.1, 0.15) is 6.42 Å². The van der Waals surface area contributed by atoms with E-state index in [2.05, 4.69) is 49.7 Å². The smallest absolute Gasteiger partial charge is 0.0783 e. The molecule has 0 heterocycles. The van der Waals surface area contributed by atoms with Crippen LogP contribution in [0.2, 0.25) is 5.02 Å². The van der Waals surface area contributed by atoms with Crippen LogP contribution in [0.5, 0.6) is 0 Å². The summed E-state index contributed by atoms with van der Waals surface area (Å²) in [4.78, 5) is 3.92. The lowest BCUT2D eigenvalue weighted by molar-refractivity contribution is -0.858. The minimum atomic E-state index is 0.771. The fourth-order valence-corrected chi connectivity index (χ4v) is 3.11. The van der Waals surface area contributed by atoms with Crippen molar-refractivity contribution in [2.45, 2.75) is 16.2 Å². The van der Waals surface area contributed by atoms with E-state index in [0.29, 0.717) is 0 Å². The first-order valence-corrected chi connectivity index (χ1v) is 8.40. The Kier molecular flexibility index (Phi) is 6.43. The Bertz CT molecular complexity index is 558. The van der Waals surface area contributed by atoms with Crippen LogP contribution in [0.4, 0.5) is 5.69 Å². The SMILES string of the molecule is C[NH+](C)CCCNc1cc(Cl)ccc1Sc1ccccc1. The zero-order valence-electron chi connectivity index (χ0n) is 12.5. The molecular formula is C17H22ClN2S+. The molecule has 2 N–H and O–H groups in total. The Labute approximate surface area is 136 Å². The molecule has 0 saturated carbocycles. The van der Waals surface area contributed by atoms with Crippen molar-refractivity contribution >= 4 is 29.1 Å². The number of quaternary nitrogens is 1. The summed E-state index contributed by atoms with van der Waals surface area (Å²) in [6.07, 6.45) is 1.14. The van der Waals surface area contributed by atoms with E-state index in [9.17, 15) is 0 Å². The van der Waals surface area contributed by atoms with Crippen LogP contribution in [-0.4, -0.2) is 27.2 Å². The molecule has 21 heavy (non-hydrogen) atoms. The first-order chi connectivity index (χ1) is 10.1. The Morgan fingerprint density at radius 2 is 1.86 bits per heavy atom. The molecule has 2 aromatic rings. The van der Waals surface area contributed by atoms with Gasteiger partial charge in [-0.25, -0.2) is 0 Å². The topological polar surface area (TPSA) is 16.5 Å². The van der Waals surface area contributed by atoms with Gasteiger partial charge in [0.1, 0.15) is 0 Å². The summed E-state index contributed by atoms with van der Waals surface area (Å²) in [6.45, 7) is 2.13. The summed E-state index contributed by atoms with van der Waals surface area (Å²) >= 11 is 7.89. The highest BCUT2D eigenvalue weighted by Gasteiger charge is 2.05. The van der Waals surface area contributed by atoms with Crippen LogP contribution >= 0.6 is 23.4 Å². The fraction of sp³-hybridized carbons (Fsp3) is 0.294. The average Bonchev–Trinajstić information content (AvgIpc) is 2.47. The molecular weight excluding hydrogens is 300 g/mol. The standard InChI is InChI=1S/C17H21ClN2S/c1-20(2)12-6-11-19-16-13-14(18)9-10-17(16)21-15-7-4-3-5-8-15/h3-5,7-10,13,19H,6,11-12H2,1-2H3/p+1. The second-order valence-electron chi connectivity index (χ2n) is 5.29. The Balaban J connectivity index is 2.03. The molecule has 0 unspecified atom stereocenters. The van der Waals surface area contributed by atoms with E-state index in [1.54, 1.807) is 11.8 Å². The number of nitrogens with one attached hydrogen (secondary N) is 2. The molecule has 0 atom stereocenters. The molecule has 2 nitrogen and oxygen atoms in total. The van der Waals surface area contributed by atoms with Crippen LogP contribution < -0.4 is 10.2 Å². The zero-order valence-corrected chi connectivity index (χ0v) is 14.1. The second kappa shape index (κ2) is 8.32. The van der Waals surface area contributed by atoms with E-state index < -0.39 is 0 Å². The molecule has 0 aromatic heterocycles. The van der Waals surface area contributed by atoms with Gasteiger partial charge in [-0.05, 0) is 30.3 Å². The molecule has 0 spiro atoms. The summed E-state index contributed by atoms with van der Waals surface area (Å²) in [7, 11) is 4.35. The number of halogens is 1. The minimum Gasteiger partial charge on any atom is -0.384 e. The maximum atomic E-state index is 6.13. The normalized spacial score (nSPS) is 10.9. The van der Waals surface area contributed by atoms with Crippen molar-refractivity contribution in [3.8, 4) is 0 Å². The molecule has 0 saturated heterocycles. The Morgan fingerprint density at radius 3 is 2.57 bits per heavy atom. The Morgan fingerprint density at radius 1 is 1.10 bits per heavy atom. The van der Waals surface area contributed by atoms with Gasteiger partial charge in [0.15, 0.2) is 0 Å². The van der Waals surface area contributed by atoms with Crippen molar-refractivity contribution in [3.05, 3.63) is 53.6 Å². The second-order valence-corrected chi connectivity index (χ2v) is 6.84. The highest BCUT2D eigenvalue weighted by molar-refractivity contribution is 7.99. The number of anilines is 1. The third kappa shape index (κ3) is 5.62.